The van der Waals surface area contributed by atoms with Crippen LogP contribution < -0.4 is 22.1 Å². The van der Waals surface area contributed by atoms with Crippen LogP contribution in [0.3, 0.4) is 0 Å². The molecular weight excluding hydrogens is 372 g/mol. The Hall–Kier alpha value is -3.12. The molecule has 28 heavy (non-hydrogen) atoms. The highest BCUT2D eigenvalue weighted by atomic mass is 16.4. The molecule has 0 radical (unpaired) electrons. The summed E-state index contributed by atoms with van der Waals surface area (Å²) in [5.41, 5.74) is 11.6. The molecule has 0 bridgehead atoms. The molecule has 0 aliphatic rings. The van der Waals surface area contributed by atoms with Crippen molar-refractivity contribution < 1.29 is 29.1 Å². The van der Waals surface area contributed by atoms with E-state index in [-0.39, 0.29) is 25.8 Å². The molecule has 0 saturated carbocycles. The van der Waals surface area contributed by atoms with Gasteiger partial charge in [0.05, 0.1) is 31.9 Å². The molecule has 2 amide bonds. The van der Waals surface area contributed by atoms with Crippen LogP contribution in [0, 0.1) is 0 Å². The number of aromatic amines is 1. The third-order valence-corrected chi connectivity index (χ3v) is 3.72. The molecule has 0 saturated heterocycles. The largest absolute Gasteiger partial charge is 0.481 e. The van der Waals surface area contributed by atoms with Crippen LogP contribution >= 0.6 is 0 Å². The molecule has 1 aromatic heterocycles. The van der Waals surface area contributed by atoms with Crippen LogP contribution in [0.15, 0.2) is 12.5 Å². The number of ketones is 2. The van der Waals surface area contributed by atoms with Gasteiger partial charge in [-0.15, -0.1) is 0 Å². The summed E-state index contributed by atoms with van der Waals surface area (Å²) in [7, 11) is 0. The highest BCUT2D eigenvalue weighted by molar-refractivity contribution is 6.03. The molecule has 1 heterocycles. The lowest BCUT2D eigenvalue weighted by molar-refractivity contribution is -0.138. The van der Waals surface area contributed by atoms with Crippen LogP contribution in [-0.4, -0.2) is 69.6 Å². The van der Waals surface area contributed by atoms with E-state index in [1.807, 2.05) is 0 Å². The predicted molar refractivity (Wildman–Crippen MR) is 95.8 cm³/mol. The normalized spacial score (nSPS) is 12.6. The number of carbonyl (C=O) groups is 5. The standard InChI is InChI=1S/C16H24N6O6/c17-5-14(25)22-12(1-2-15(26)27)16(28)20-7-10(23)4-13(24)11(18)3-9-6-19-8-21-9/h6,8,11-12H,1-5,7,17-18H2,(H,19,21)(H,20,28)(H,22,25)(H,26,27)/t11-,12-/m0/s1. The summed E-state index contributed by atoms with van der Waals surface area (Å²) in [6.45, 7) is -0.831. The van der Waals surface area contributed by atoms with E-state index in [0.717, 1.165) is 0 Å². The molecule has 0 spiro atoms. The Morgan fingerprint density at radius 2 is 1.96 bits per heavy atom. The Morgan fingerprint density at radius 1 is 1.25 bits per heavy atom. The Morgan fingerprint density at radius 3 is 2.54 bits per heavy atom. The summed E-state index contributed by atoms with van der Waals surface area (Å²) in [5, 5.41) is 13.3. The molecule has 12 nitrogen and oxygen atoms in total. The van der Waals surface area contributed by atoms with E-state index < -0.39 is 54.4 Å². The van der Waals surface area contributed by atoms with Crippen LogP contribution in [0.25, 0.3) is 0 Å². The van der Waals surface area contributed by atoms with Gasteiger partial charge in [-0.2, -0.15) is 0 Å². The molecule has 1 rings (SSSR count). The quantitative estimate of drug-likeness (QED) is 0.190. The molecule has 0 aromatic carbocycles. The van der Waals surface area contributed by atoms with Gasteiger partial charge in [0.25, 0.3) is 0 Å². The molecule has 8 N–H and O–H groups in total. The number of hydrogen-bond acceptors (Lipinski definition) is 8. The maximum atomic E-state index is 12.1. The Labute approximate surface area is 160 Å². The Bertz CT molecular complexity index is 704. The summed E-state index contributed by atoms with van der Waals surface area (Å²) in [4.78, 5) is 64.7. The number of carbonyl (C=O) groups excluding carboxylic acids is 4. The van der Waals surface area contributed by atoms with E-state index in [2.05, 4.69) is 20.6 Å². The zero-order valence-corrected chi connectivity index (χ0v) is 15.1. The van der Waals surface area contributed by atoms with E-state index in [1.54, 1.807) is 0 Å². The van der Waals surface area contributed by atoms with Gasteiger partial charge < -0.3 is 32.2 Å². The number of nitrogens with one attached hydrogen (secondary N) is 3. The summed E-state index contributed by atoms with van der Waals surface area (Å²) < 4.78 is 0. The lowest BCUT2D eigenvalue weighted by Crippen LogP contribution is -2.49. The Balaban J connectivity index is 2.48. The number of H-pyrrole nitrogens is 1. The van der Waals surface area contributed by atoms with Crippen molar-refractivity contribution >= 4 is 29.4 Å². The second-order valence-electron chi connectivity index (χ2n) is 6.04. The minimum absolute atomic E-state index is 0.172. The van der Waals surface area contributed by atoms with Crippen molar-refractivity contribution in [1.82, 2.24) is 20.6 Å². The first-order valence-corrected chi connectivity index (χ1v) is 8.49. The van der Waals surface area contributed by atoms with Crippen molar-refractivity contribution in [3.63, 3.8) is 0 Å². The van der Waals surface area contributed by atoms with Crippen molar-refractivity contribution in [2.45, 2.75) is 37.8 Å². The average Bonchev–Trinajstić information content (AvgIpc) is 3.15. The van der Waals surface area contributed by atoms with Gasteiger partial charge in [-0.1, -0.05) is 0 Å². The van der Waals surface area contributed by atoms with Crippen molar-refractivity contribution in [2.75, 3.05) is 13.1 Å². The average molecular weight is 396 g/mol. The highest BCUT2D eigenvalue weighted by Gasteiger charge is 2.23. The van der Waals surface area contributed by atoms with Crippen LogP contribution in [0.4, 0.5) is 0 Å². The summed E-state index contributed by atoms with van der Waals surface area (Å²) >= 11 is 0. The topological polar surface area (TPSA) is 210 Å². The van der Waals surface area contributed by atoms with Gasteiger partial charge in [0.15, 0.2) is 11.6 Å². The molecule has 0 unspecified atom stereocenters. The first-order valence-electron chi connectivity index (χ1n) is 8.49. The van der Waals surface area contributed by atoms with Gasteiger partial charge in [0.2, 0.25) is 11.8 Å². The van der Waals surface area contributed by atoms with Gasteiger partial charge in [0.1, 0.15) is 6.04 Å². The minimum Gasteiger partial charge on any atom is -0.481 e. The zero-order valence-electron chi connectivity index (χ0n) is 15.1. The van der Waals surface area contributed by atoms with Crippen LogP contribution in [0.2, 0.25) is 0 Å². The smallest absolute Gasteiger partial charge is 0.303 e. The van der Waals surface area contributed by atoms with Crippen molar-refractivity contribution in [1.29, 1.82) is 0 Å². The van der Waals surface area contributed by atoms with Crippen molar-refractivity contribution in [3.8, 4) is 0 Å². The number of Topliss-reactive ketones (excluding diaryl/α,β-unsaturated/α-hetero) is 2. The number of rotatable bonds is 13. The number of carboxylic acid groups (broad SMARTS) is 1. The number of nitrogens with two attached hydrogens (primary N) is 2. The molecule has 0 aliphatic carbocycles. The van der Waals surface area contributed by atoms with Gasteiger partial charge in [0, 0.05) is 24.7 Å². The summed E-state index contributed by atoms with van der Waals surface area (Å²) in [6, 6.07) is -2.05. The Kier molecular flexibility index (Phi) is 9.47. The highest BCUT2D eigenvalue weighted by Crippen LogP contribution is 2.01. The van der Waals surface area contributed by atoms with E-state index in [9.17, 15) is 24.0 Å². The lowest BCUT2D eigenvalue weighted by atomic mass is 10.0. The third kappa shape index (κ3) is 8.51. The first-order chi connectivity index (χ1) is 13.2. The maximum Gasteiger partial charge on any atom is 0.303 e. The SMILES string of the molecule is NCC(=O)N[C@@H](CCC(=O)O)C(=O)NCC(=O)CC(=O)[C@@H](N)Cc1cnc[nH]1. The molecular formula is C16H24N6O6. The van der Waals surface area contributed by atoms with Crippen molar-refractivity contribution in [3.05, 3.63) is 18.2 Å². The van der Waals surface area contributed by atoms with E-state index in [1.165, 1.54) is 12.5 Å². The summed E-state index contributed by atoms with van der Waals surface area (Å²) in [6.07, 6.45) is 2.15. The lowest BCUT2D eigenvalue weighted by Gasteiger charge is -2.17. The molecule has 0 fully saturated rings. The van der Waals surface area contributed by atoms with Crippen molar-refractivity contribution in [2.24, 2.45) is 11.5 Å². The minimum atomic E-state index is -1.15. The fourth-order valence-corrected chi connectivity index (χ4v) is 2.23. The number of imidazole rings is 1. The van der Waals surface area contributed by atoms with Crippen LogP contribution in [0.1, 0.15) is 25.0 Å². The molecule has 1 aromatic rings. The van der Waals surface area contributed by atoms with Crippen LogP contribution in [-0.2, 0) is 30.4 Å². The predicted octanol–water partition coefficient (Wildman–Crippen LogP) is -2.77. The van der Waals surface area contributed by atoms with Gasteiger partial charge in [-0.25, -0.2) is 4.98 Å². The molecule has 12 heteroatoms. The van der Waals surface area contributed by atoms with Crippen LogP contribution in [0.5, 0.6) is 0 Å². The number of aromatic nitrogens is 2. The second kappa shape index (κ2) is 11.6. The van der Waals surface area contributed by atoms with E-state index in [4.69, 9.17) is 16.6 Å². The number of aliphatic carboxylic acids is 1. The first kappa shape index (κ1) is 22.9. The molecule has 154 valence electrons. The second-order valence-corrected chi connectivity index (χ2v) is 6.04. The van der Waals surface area contributed by atoms with Gasteiger partial charge in [-0.3, -0.25) is 24.0 Å². The van der Waals surface area contributed by atoms with Gasteiger partial charge in [-0.05, 0) is 6.42 Å². The fourth-order valence-electron chi connectivity index (χ4n) is 2.23. The van der Waals surface area contributed by atoms with E-state index >= 15 is 0 Å². The maximum absolute atomic E-state index is 12.1. The van der Waals surface area contributed by atoms with E-state index in [0.29, 0.717) is 5.69 Å². The number of amides is 2. The zero-order chi connectivity index (χ0) is 21.1. The number of carboxylic acids is 1. The number of hydrogen-bond donors (Lipinski definition) is 6. The summed E-state index contributed by atoms with van der Waals surface area (Å²) in [5.74, 6) is -3.59. The third-order valence-electron chi connectivity index (χ3n) is 3.72. The molecule has 0 aliphatic heterocycles. The molecule has 2 atom stereocenters. The fraction of sp³-hybridized carbons (Fsp3) is 0.500. The van der Waals surface area contributed by atoms with Gasteiger partial charge >= 0.3 is 5.97 Å². The monoisotopic (exact) mass is 396 g/mol. The number of nitrogens with zero attached hydrogens (tertiary/aromatic N) is 1.